The van der Waals surface area contributed by atoms with Gasteiger partial charge in [-0.2, -0.15) is 0 Å². The van der Waals surface area contributed by atoms with Crippen molar-refractivity contribution in [1.82, 2.24) is 4.57 Å². The quantitative estimate of drug-likeness (QED) is 0.128. The Labute approximate surface area is 474 Å². The van der Waals surface area contributed by atoms with Gasteiger partial charge in [0.1, 0.15) is 11.2 Å². The highest BCUT2D eigenvalue weighted by molar-refractivity contribution is 6.26. The molecule has 0 aliphatic rings. The summed E-state index contributed by atoms with van der Waals surface area (Å²) in [7, 11) is 0. The fourth-order valence-corrected chi connectivity index (χ4v) is 12.7. The number of rotatable bonds is 10. The van der Waals surface area contributed by atoms with Crippen molar-refractivity contribution in [2.45, 2.75) is 0 Å². The Morgan fingerprint density at radius 3 is 1.26 bits per heavy atom. The molecule has 0 saturated heterocycles. The molecule has 14 aromatic carbocycles. The van der Waals surface area contributed by atoms with Gasteiger partial charge in [-0.3, -0.25) is 0 Å². The van der Waals surface area contributed by atoms with E-state index in [1.807, 2.05) is 12.1 Å². The van der Waals surface area contributed by atoms with Crippen LogP contribution in [0.2, 0.25) is 0 Å². The van der Waals surface area contributed by atoms with Crippen LogP contribution in [0, 0.1) is 0 Å². The van der Waals surface area contributed by atoms with Crippen LogP contribution >= 0.6 is 0 Å². The summed E-state index contributed by atoms with van der Waals surface area (Å²) < 4.78 is 8.92. The standard InChI is InChI=1S/C78H51N3O/c1-4-17-52(18-5-1)53-31-38-61(39-32-53)80(58-21-8-3-9-22-58)62-45-48-76-74(51-62)73-49-56(37-47-75(73)81(76)63-44-46-69-67-25-11-10-23-65(67)66-24-12-13-26-68(66)72(69)50-63)54-33-40-59(41-34-54)79(57-19-6-2-7-20-57)60-42-35-55(36-43-60)64-28-16-29-71-70-27-14-15-30-77(70)82-78(64)71/h1-51H. The molecular weight excluding hydrogens is 995 g/mol. The molecule has 0 aliphatic heterocycles. The van der Waals surface area contributed by atoms with Gasteiger partial charge in [-0.15, -0.1) is 0 Å². The second kappa shape index (κ2) is 19.5. The zero-order valence-electron chi connectivity index (χ0n) is 44.7. The molecule has 0 unspecified atom stereocenters. The van der Waals surface area contributed by atoms with Crippen molar-refractivity contribution < 1.29 is 4.42 Å². The molecule has 0 bridgehead atoms. The predicted molar refractivity (Wildman–Crippen MR) is 346 cm³/mol. The van der Waals surface area contributed by atoms with Gasteiger partial charge in [0.05, 0.1) is 11.0 Å². The maximum atomic E-state index is 6.46. The molecule has 4 heteroatoms. The minimum Gasteiger partial charge on any atom is -0.455 e. The number of fused-ring (bicyclic) bond motifs is 12. The molecule has 384 valence electrons. The van der Waals surface area contributed by atoms with E-state index >= 15 is 0 Å². The number of hydrogen-bond acceptors (Lipinski definition) is 3. The molecule has 0 saturated carbocycles. The highest BCUT2D eigenvalue weighted by Crippen LogP contribution is 2.45. The number of hydrogen-bond donors (Lipinski definition) is 0. The fraction of sp³-hybridized carbons (Fsp3) is 0. The van der Waals surface area contributed by atoms with Crippen molar-refractivity contribution in [2.75, 3.05) is 9.80 Å². The van der Waals surface area contributed by atoms with E-state index in [1.54, 1.807) is 0 Å². The van der Waals surface area contributed by atoms with Gasteiger partial charge in [0.15, 0.2) is 0 Å². The van der Waals surface area contributed by atoms with Crippen molar-refractivity contribution in [3.05, 3.63) is 309 Å². The van der Waals surface area contributed by atoms with Gasteiger partial charge in [0.2, 0.25) is 0 Å². The third-order valence-corrected chi connectivity index (χ3v) is 16.6. The molecule has 16 rings (SSSR count). The van der Waals surface area contributed by atoms with Gasteiger partial charge in [0.25, 0.3) is 0 Å². The number of aromatic nitrogens is 1. The normalized spacial score (nSPS) is 11.7. The molecule has 0 spiro atoms. The largest absolute Gasteiger partial charge is 0.455 e. The van der Waals surface area contributed by atoms with E-state index in [-0.39, 0.29) is 0 Å². The van der Waals surface area contributed by atoms with Gasteiger partial charge in [0, 0.05) is 66.9 Å². The average molecular weight is 1050 g/mol. The summed E-state index contributed by atoms with van der Waals surface area (Å²) in [6.45, 7) is 0. The zero-order chi connectivity index (χ0) is 54.1. The summed E-state index contributed by atoms with van der Waals surface area (Å²) in [5.41, 5.74) is 18.5. The number of nitrogens with zero attached hydrogens (tertiary/aromatic N) is 3. The second-order valence-electron chi connectivity index (χ2n) is 21.2. The van der Waals surface area contributed by atoms with Crippen LogP contribution in [0.5, 0.6) is 0 Å². The second-order valence-corrected chi connectivity index (χ2v) is 21.2. The van der Waals surface area contributed by atoms with Crippen molar-refractivity contribution in [1.29, 1.82) is 0 Å². The van der Waals surface area contributed by atoms with E-state index in [0.29, 0.717) is 0 Å². The Morgan fingerprint density at radius 2 is 0.646 bits per heavy atom. The molecule has 0 radical (unpaired) electrons. The highest BCUT2D eigenvalue weighted by Gasteiger charge is 2.21. The summed E-state index contributed by atoms with van der Waals surface area (Å²) in [6, 6.07) is 112. The first kappa shape index (κ1) is 47.1. The van der Waals surface area contributed by atoms with Crippen LogP contribution in [0.1, 0.15) is 0 Å². The lowest BCUT2D eigenvalue weighted by Crippen LogP contribution is -2.09. The molecule has 0 amide bonds. The lowest BCUT2D eigenvalue weighted by Gasteiger charge is -2.26. The Balaban J connectivity index is 0.827. The van der Waals surface area contributed by atoms with E-state index in [9.17, 15) is 0 Å². The van der Waals surface area contributed by atoms with Crippen LogP contribution in [-0.4, -0.2) is 4.57 Å². The monoisotopic (exact) mass is 1050 g/mol. The molecular formula is C78H51N3O. The lowest BCUT2D eigenvalue weighted by molar-refractivity contribution is 0.670. The van der Waals surface area contributed by atoms with Crippen LogP contribution in [0.3, 0.4) is 0 Å². The summed E-state index contributed by atoms with van der Waals surface area (Å²) in [5.74, 6) is 0. The van der Waals surface area contributed by atoms with Gasteiger partial charge in [-0.1, -0.05) is 200 Å². The van der Waals surface area contributed by atoms with Gasteiger partial charge in [-0.05, 0) is 169 Å². The van der Waals surface area contributed by atoms with Crippen molar-refractivity contribution in [2.24, 2.45) is 0 Å². The molecule has 2 aromatic heterocycles. The molecule has 0 fully saturated rings. The van der Waals surface area contributed by atoms with Crippen LogP contribution in [0.25, 0.3) is 115 Å². The summed E-state index contributed by atoms with van der Waals surface area (Å²) in [4.78, 5) is 4.71. The van der Waals surface area contributed by atoms with E-state index < -0.39 is 0 Å². The van der Waals surface area contributed by atoms with Gasteiger partial charge in [-0.25, -0.2) is 0 Å². The molecule has 4 nitrogen and oxygen atoms in total. The molecule has 82 heavy (non-hydrogen) atoms. The average Bonchev–Trinajstić information content (AvgIpc) is 4.29. The highest BCUT2D eigenvalue weighted by atomic mass is 16.3. The molecule has 0 N–H and O–H groups in total. The lowest BCUT2D eigenvalue weighted by atomic mass is 9.94. The van der Waals surface area contributed by atoms with Crippen LogP contribution in [0.4, 0.5) is 34.1 Å². The number of benzene rings is 14. The summed E-state index contributed by atoms with van der Waals surface area (Å²) in [5, 5.41) is 12.2. The Kier molecular flexibility index (Phi) is 11.2. The Hall–Kier alpha value is -10.9. The maximum Gasteiger partial charge on any atom is 0.143 e. The molecule has 0 atom stereocenters. The summed E-state index contributed by atoms with van der Waals surface area (Å²) in [6.07, 6.45) is 0. The predicted octanol–water partition coefficient (Wildman–Crippen LogP) is 22.1. The van der Waals surface area contributed by atoms with Crippen molar-refractivity contribution in [3.63, 3.8) is 0 Å². The first-order valence-corrected chi connectivity index (χ1v) is 28.1. The number of para-hydroxylation sites is 4. The molecule has 16 aromatic rings. The van der Waals surface area contributed by atoms with Crippen LogP contribution in [-0.2, 0) is 0 Å². The maximum absolute atomic E-state index is 6.46. The Morgan fingerprint density at radius 1 is 0.232 bits per heavy atom. The van der Waals surface area contributed by atoms with Crippen molar-refractivity contribution in [3.8, 4) is 39.1 Å². The van der Waals surface area contributed by atoms with Crippen LogP contribution in [0.15, 0.2) is 314 Å². The first-order chi connectivity index (χ1) is 40.7. The number of furan rings is 1. The van der Waals surface area contributed by atoms with Crippen molar-refractivity contribution >= 4 is 110 Å². The van der Waals surface area contributed by atoms with Gasteiger partial charge < -0.3 is 18.8 Å². The Bertz CT molecular complexity index is 5030. The smallest absolute Gasteiger partial charge is 0.143 e. The minimum atomic E-state index is 0.900. The third kappa shape index (κ3) is 7.91. The fourth-order valence-electron chi connectivity index (χ4n) is 12.7. The van der Waals surface area contributed by atoms with Gasteiger partial charge >= 0.3 is 0 Å². The minimum absolute atomic E-state index is 0.900. The van der Waals surface area contributed by atoms with E-state index in [2.05, 4.69) is 312 Å². The van der Waals surface area contributed by atoms with Crippen LogP contribution < -0.4 is 9.80 Å². The van der Waals surface area contributed by atoms with E-state index in [0.717, 1.165) is 95.0 Å². The molecule has 2 heterocycles. The third-order valence-electron chi connectivity index (χ3n) is 16.6. The number of anilines is 6. The summed E-state index contributed by atoms with van der Waals surface area (Å²) >= 11 is 0. The topological polar surface area (TPSA) is 24.6 Å². The van der Waals surface area contributed by atoms with E-state index in [4.69, 9.17) is 4.42 Å². The zero-order valence-corrected chi connectivity index (χ0v) is 44.7. The molecule has 0 aliphatic carbocycles. The SMILES string of the molecule is c1ccc(-c2ccc(N(c3ccccc3)c3ccc4c(c3)c3cc(-c5ccc(N(c6ccccc6)c6ccc(-c7cccc8c7oc7ccccc78)cc6)cc5)ccc3n4-c3ccc4c5ccccc5c5ccccc5c4c3)cc2)cc1. The van der Waals surface area contributed by atoms with E-state index in [1.165, 1.54) is 54.2 Å². The first-order valence-electron chi connectivity index (χ1n) is 28.1.